The van der Waals surface area contributed by atoms with Crippen molar-refractivity contribution in [3.63, 3.8) is 0 Å². The highest BCUT2D eigenvalue weighted by atomic mass is 32.1. The Morgan fingerprint density at radius 3 is 2.92 bits per heavy atom. The normalized spacial score (nSPS) is 17.8. The smallest absolute Gasteiger partial charge is 0.178 e. The van der Waals surface area contributed by atoms with Gasteiger partial charge in [0, 0.05) is 11.9 Å². The molecule has 1 aliphatic heterocycles. The SMILES string of the molecule is O=Cc1nc(CN2CCCC2)cs1. The third kappa shape index (κ3) is 2.14. The molecule has 0 N–H and O–H groups in total. The summed E-state index contributed by atoms with van der Waals surface area (Å²) in [5, 5.41) is 2.57. The zero-order valence-corrected chi connectivity index (χ0v) is 8.22. The highest BCUT2D eigenvalue weighted by Gasteiger charge is 2.12. The van der Waals surface area contributed by atoms with Crippen molar-refractivity contribution in [2.75, 3.05) is 13.1 Å². The molecule has 1 aliphatic rings. The molecule has 70 valence electrons. The fourth-order valence-electron chi connectivity index (χ4n) is 1.62. The summed E-state index contributed by atoms with van der Waals surface area (Å²) in [5.74, 6) is 0. The first-order chi connectivity index (χ1) is 6.38. The third-order valence-corrected chi connectivity index (χ3v) is 3.07. The van der Waals surface area contributed by atoms with Crippen LogP contribution in [0.2, 0.25) is 0 Å². The molecule has 0 aromatic carbocycles. The number of rotatable bonds is 3. The molecule has 3 nitrogen and oxygen atoms in total. The minimum atomic E-state index is 0.592. The standard InChI is InChI=1S/C9H12N2OS/c12-6-9-10-8(7-13-9)5-11-3-1-2-4-11/h6-7H,1-5H2. The summed E-state index contributed by atoms with van der Waals surface area (Å²) < 4.78 is 0. The van der Waals surface area contributed by atoms with E-state index in [9.17, 15) is 4.79 Å². The van der Waals surface area contributed by atoms with Gasteiger partial charge < -0.3 is 0 Å². The number of aldehydes is 1. The average molecular weight is 196 g/mol. The Hall–Kier alpha value is -0.740. The number of hydrogen-bond donors (Lipinski definition) is 0. The van der Waals surface area contributed by atoms with Crippen molar-refractivity contribution in [2.45, 2.75) is 19.4 Å². The maximum atomic E-state index is 10.4. The molecule has 0 saturated carbocycles. The zero-order chi connectivity index (χ0) is 9.10. The first-order valence-corrected chi connectivity index (χ1v) is 5.38. The minimum Gasteiger partial charge on any atom is -0.297 e. The van der Waals surface area contributed by atoms with Crippen molar-refractivity contribution in [3.05, 3.63) is 16.1 Å². The van der Waals surface area contributed by atoms with E-state index in [1.165, 1.54) is 37.3 Å². The molecule has 0 bridgehead atoms. The molecule has 0 radical (unpaired) electrons. The van der Waals surface area contributed by atoms with Crippen LogP contribution in [0.25, 0.3) is 0 Å². The van der Waals surface area contributed by atoms with Gasteiger partial charge >= 0.3 is 0 Å². The molecule has 1 saturated heterocycles. The summed E-state index contributed by atoms with van der Waals surface area (Å²) in [6.45, 7) is 3.26. The van der Waals surface area contributed by atoms with E-state index < -0.39 is 0 Å². The van der Waals surface area contributed by atoms with Gasteiger partial charge in [0.05, 0.1) is 5.69 Å². The van der Waals surface area contributed by atoms with Gasteiger partial charge in [-0.3, -0.25) is 9.69 Å². The van der Waals surface area contributed by atoms with Crippen molar-refractivity contribution in [1.82, 2.24) is 9.88 Å². The molecular formula is C9H12N2OS. The molecule has 1 fully saturated rings. The molecule has 4 heteroatoms. The summed E-state index contributed by atoms with van der Waals surface area (Å²) in [6.07, 6.45) is 3.41. The number of likely N-dealkylation sites (tertiary alicyclic amines) is 1. The van der Waals surface area contributed by atoms with Gasteiger partial charge in [-0.15, -0.1) is 11.3 Å². The van der Waals surface area contributed by atoms with E-state index in [0.29, 0.717) is 5.01 Å². The van der Waals surface area contributed by atoms with Crippen LogP contribution in [0.4, 0.5) is 0 Å². The van der Waals surface area contributed by atoms with E-state index in [2.05, 4.69) is 9.88 Å². The van der Waals surface area contributed by atoms with Crippen LogP contribution in [-0.4, -0.2) is 29.3 Å². The maximum Gasteiger partial charge on any atom is 0.178 e. The Balaban J connectivity index is 1.96. The fraction of sp³-hybridized carbons (Fsp3) is 0.556. The number of nitrogens with zero attached hydrogens (tertiary/aromatic N) is 2. The second-order valence-electron chi connectivity index (χ2n) is 3.28. The molecular weight excluding hydrogens is 184 g/mol. The monoisotopic (exact) mass is 196 g/mol. The Morgan fingerprint density at radius 1 is 1.54 bits per heavy atom. The lowest BCUT2D eigenvalue weighted by molar-refractivity contribution is 0.112. The van der Waals surface area contributed by atoms with Crippen molar-refractivity contribution in [1.29, 1.82) is 0 Å². The fourth-order valence-corrected chi connectivity index (χ4v) is 2.23. The minimum absolute atomic E-state index is 0.592. The van der Waals surface area contributed by atoms with E-state index in [1.54, 1.807) is 0 Å². The Bertz CT molecular complexity index is 292. The summed E-state index contributed by atoms with van der Waals surface area (Å²) in [6, 6.07) is 0. The topological polar surface area (TPSA) is 33.2 Å². The van der Waals surface area contributed by atoms with Gasteiger partial charge in [-0.25, -0.2) is 4.98 Å². The lowest BCUT2D eigenvalue weighted by Crippen LogP contribution is -2.18. The van der Waals surface area contributed by atoms with E-state index in [0.717, 1.165) is 18.5 Å². The number of aromatic nitrogens is 1. The predicted molar refractivity (Wildman–Crippen MR) is 52.0 cm³/mol. The molecule has 0 unspecified atom stereocenters. The number of carbonyl (C=O) groups is 1. The lowest BCUT2D eigenvalue weighted by atomic mass is 10.4. The van der Waals surface area contributed by atoms with Gasteiger partial charge in [0.15, 0.2) is 11.3 Å². The van der Waals surface area contributed by atoms with Crippen LogP contribution in [0.3, 0.4) is 0 Å². The van der Waals surface area contributed by atoms with Gasteiger partial charge in [-0.2, -0.15) is 0 Å². The van der Waals surface area contributed by atoms with Crippen LogP contribution < -0.4 is 0 Å². The van der Waals surface area contributed by atoms with Gasteiger partial charge in [0.2, 0.25) is 0 Å². The van der Waals surface area contributed by atoms with Crippen LogP contribution in [-0.2, 0) is 6.54 Å². The average Bonchev–Trinajstić information content (AvgIpc) is 2.76. The van der Waals surface area contributed by atoms with Gasteiger partial charge in [-0.05, 0) is 25.9 Å². The second kappa shape index (κ2) is 3.98. The molecule has 0 spiro atoms. The van der Waals surface area contributed by atoms with Gasteiger partial charge in [-0.1, -0.05) is 0 Å². The summed E-state index contributed by atoms with van der Waals surface area (Å²) in [7, 11) is 0. The molecule has 0 atom stereocenters. The van der Waals surface area contributed by atoms with E-state index >= 15 is 0 Å². The Labute approximate surface area is 81.4 Å². The molecule has 13 heavy (non-hydrogen) atoms. The second-order valence-corrected chi connectivity index (χ2v) is 4.17. The number of carbonyl (C=O) groups excluding carboxylic acids is 1. The van der Waals surface area contributed by atoms with Crippen molar-refractivity contribution >= 4 is 17.6 Å². The van der Waals surface area contributed by atoms with Crippen LogP contribution in [0.15, 0.2) is 5.38 Å². The largest absolute Gasteiger partial charge is 0.297 e. The van der Waals surface area contributed by atoms with Crippen molar-refractivity contribution in [3.8, 4) is 0 Å². The van der Waals surface area contributed by atoms with Crippen LogP contribution >= 0.6 is 11.3 Å². The molecule has 2 heterocycles. The Kier molecular flexibility index (Phi) is 2.71. The lowest BCUT2D eigenvalue weighted by Gasteiger charge is -2.11. The quantitative estimate of drug-likeness (QED) is 0.688. The first kappa shape index (κ1) is 8.84. The first-order valence-electron chi connectivity index (χ1n) is 4.50. The van der Waals surface area contributed by atoms with Gasteiger partial charge in [0.1, 0.15) is 0 Å². The van der Waals surface area contributed by atoms with Crippen LogP contribution in [0.5, 0.6) is 0 Å². The van der Waals surface area contributed by atoms with E-state index in [-0.39, 0.29) is 0 Å². The third-order valence-electron chi connectivity index (χ3n) is 2.25. The number of hydrogen-bond acceptors (Lipinski definition) is 4. The Morgan fingerprint density at radius 2 is 2.31 bits per heavy atom. The predicted octanol–water partition coefficient (Wildman–Crippen LogP) is 1.55. The molecule has 0 aliphatic carbocycles. The van der Waals surface area contributed by atoms with Crippen LogP contribution in [0.1, 0.15) is 28.3 Å². The van der Waals surface area contributed by atoms with Crippen molar-refractivity contribution < 1.29 is 4.79 Å². The van der Waals surface area contributed by atoms with Crippen molar-refractivity contribution in [2.24, 2.45) is 0 Å². The molecule has 1 aromatic rings. The molecule has 1 aromatic heterocycles. The maximum absolute atomic E-state index is 10.4. The summed E-state index contributed by atoms with van der Waals surface area (Å²) in [5.41, 5.74) is 1.04. The van der Waals surface area contributed by atoms with Crippen LogP contribution in [0, 0.1) is 0 Å². The summed E-state index contributed by atoms with van der Waals surface area (Å²) >= 11 is 1.43. The number of thiazole rings is 1. The summed E-state index contributed by atoms with van der Waals surface area (Å²) in [4.78, 5) is 17.0. The van der Waals surface area contributed by atoms with E-state index in [4.69, 9.17) is 0 Å². The zero-order valence-electron chi connectivity index (χ0n) is 7.40. The molecule has 2 rings (SSSR count). The van der Waals surface area contributed by atoms with Gasteiger partial charge in [0.25, 0.3) is 0 Å². The highest BCUT2D eigenvalue weighted by Crippen LogP contribution is 2.14. The highest BCUT2D eigenvalue weighted by molar-refractivity contribution is 7.11. The van der Waals surface area contributed by atoms with E-state index in [1.807, 2.05) is 5.38 Å². The molecule has 0 amide bonds.